The largest absolute Gasteiger partial charge is 0.337 e. The van der Waals surface area contributed by atoms with E-state index in [2.05, 4.69) is 15.3 Å². The lowest BCUT2D eigenvalue weighted by molar-refractivity contribution is -0.133. The maximum Gasteiger partial charge on any atom is 0.236 e. The second-order valence-corrected chi connectivity index (χ2v) is 8.12. The van der Waals surface area contributed by atoms with Crippen LogP contribution in [0.1, 0.15) is 46.0 Å². The first-order chi connectivity index (χ1) is 11.7. The highest BCUT2D eigenvalue weighted by molar-refractivity contribution is 8.00. The zero-order chi connectivity index (χ0) is 18.7. The summed E-state index contributed by atoms with van der Waals surface area (Å²) < 4.78 is 1.77. The predicted molar refractivity (Wildman–Crippen MR) is 101 cm³/mol. The molecule has 2 aromatic heterocycles. The van der Waals surface area contributed by atoms with Crippen LogP contribution in [0.2, 0.25) is 0 Å². The fraction of sp³-hybridized carbons (Fsp3) is 0.556. The number of rotatable bonds is 6. The second kappa shape index (κ2) is 7.99. The van der Waals surface area contributed by atoms with Crippen LogP contribution in [0.5, 0.6) is 0 Å². The molecule has 0 aromatic carbocycles. The van der Waals surface area contributed by atoms with Gasteiger partial charge in [0, 0.05) is 17.8 Å². The minimum atomic E-state index is -0.210. The molecule has 0 fully saturated rings. The van der Waals surface area contributed by atoms with Crippen molar-refractivity contribution < 1.29 is 4.79 Å². The van der Waals surface area contributed by atoms with E-state index in [1.54, 1.807) is 4.68 Å². The number of carbonyl (C=O) groups is 1. The van der Waals surface area contributed by atoms with Gasteiger partial charge in [-0.3, -0.25) is 4.79 Å². The van der Waals surface area contributed by atoms with Crippen LogP contribution in [-0.4, -0.2) is 48.1 Å². The van der Waals surface area contributed by atoms with Gasteiger partial charge in [-0.1, -0.05) is 11.8 Å². The lowest BCUT2D eigenvalue weighted by Crippen LogP contribution is -2.45. The standard InChI is InChI=1S/C18H27N5OS/c1-11(2)22(12(3)4)18(24)15(7)25-17-9-8-16(19-20-17)23-14(6)10-13(5)21-23/h8-12,15H,1-7H3. The van der Waals surface area contributed by atoms with E-state index in [4.69, 9.17) is 0 Å². The number of hydrogen-bond donors (Lipinski definition) is 0. The van der Waals surface area contributed by atoms with Crippen molar-refractivity contribution in [1.29, 1.82) is 0 Å². The summed E-state index contributed by atoms with van der Waals surface area (Å²) in [6, 6.07) is 6.12. The molecule has 6 nitrogen and oxygen atoms in total. The first-order valence-corrected chi connectivity index (χ1v) is 9.45. The molecular formula is C18H27N5OS. The molecule has 0 saturated heterocycles. The molecule has 0 aliphatic heterocycles. The van der Waals surface area contributed by atoms with Gasteiger partial charge < -0.3 is 4.90 Å². The molecule has 1 amide bonds. The van der Waals surface area contributed by atoms with Gasteiger partial charge in [-0.25, -0.2) is 4.68 Å². The van der Waals surface area contributed by atoms with Crippen LogP contribution < -0.4 is 0 Å². The van der Waals surface area contributed by atoms with Gasteiger partial charge in [0.15, 0.2) is 5.82 Å². The third-order valence-electron chi connectivity index (χ3n) is 3.87. The van der Waals surface area contributed by atoms with Crippen molar-refractivity contribution >= 4 is 17.7 Å². The summed E-state index contributed by atoms with van der Waals surface area (Å²) in [5.74, 6) is 0.805. The van der Waals surface area contributed by atoms with Gasteiger partial charge >= 0.3 is 0 Å². The molecule has 0 spiro atoms. The molecule has 0 aliphatic rings. The van der Waals surface area contributed by atoms with Crippen molar-refractivity contribution in [3.63, 3.8) is 0 Å². The lowest BCUT2D eigenvalue weighted by Gasteiger charge is -2.32. The van der Waals surface area contributed by atoms with Crippen molar-refractivity contribution in [2.75, 3.05) is 0 Å². The number of nitrogens with zero attached hydrogens (tertiary/aromatic N) is 5. The fourth-order valence-electron chi connectivity index (χ4n) is 2.90. The van der Waals surface area contributed by atoms with Crippen molar-refractivity contribution in [2.24, 2.45) is 0 Å². The molecule has 7 heteroatoms. The van der Waals surface area contributed by atoms with Gasteiger partial charge in [-0.2, -0.15) is 5.10 Å². The van der Waals surface area contributed by atoms with Crippen molar-refractivity contribution in [1.82, 2.24) is 24.9 Å². The van der Waals surface area contributed by atoms with E-state index in [-0.39, 0.29) is 23.2 Å². The minimum absolute atomic E-state index is 0.124. The van der Waals surface area contributed by atoms with Gasteiger partial charge in [0.25, 0.3) is 0 Å². The molecule has 136 valence electrons. The molecule has 0 bridgehead atoms. The monoisotopic (exact) mass is 361 g/mol. The average molecular weight is 362 g/mol. The predicted octanol–water partition coefficient (Wildman–Crippen LogP) is 3.41. The van der Waals surface area contributed by atoms with E-state index in [1.807, 2.05) is 71.6 Å². The van der Waals surface area contributed by atoms with E-state index in [1.165, 1.54) is 11.8 Å². The molecule has 0 N–H and O–H groups in total. The molecule has 0 aliphatic carbocycles. The first-order valence-electron chi connectivity index (χ1n) is 8.57. The third-order valence-corrected chi connectivity index (χ3v) is 4.88. The Kier molecular flexibility index (Phi) is 6.21. The normalized spacial score (nSPS) is 12.7. The number of hydrogen-bond acceptors (Lipinski definition) is 5. The zero-order valence-electron chi connectivity index (χ0n) is 16.0. The molecule has 2 aromatic rings. The Balaban J connectivity index is 2.10. The van der Waals surface area contributed by atoms with E-state index >= 15 is 0 Å². The Bertz CT molecular complexity index is 716. The van der Waals surface area contributed by atoms with Crippen LogP contribution in [0, 0.1) is 13.8 Å². The van der Waals surface area contributed by atoms with Crippen LogP contribution in [0.4, 0.5) is 0 Å². The number of amides is 1. The van der Waals surface area contributed by atoms with E-state index in [0.717, 1.165) is 16.4 Å². The van der Waals surface area contributed by atoms with E-state index < -0.39 is 0 Å². The Morgan fingerprint density at radius 1 is 1.08 bits per heavy atom. The van der Waals surface area contributed by atoms with Crippen molar-refractivity contribution in [3.8, 4) is 5.82 Å². The van der Waals surface area contributed by atoms with Gasteiger partial charge in [0.2, 0.25) is 5.91 Å². The topological polar surface area (TPSA) is 63.9 Å². The van der Waals surface area contributed by atoms with E-state index in [0.29, 0.717) is 5.82 Å². The highest BCUT2D eigenvalue weighted by Gasteiger charge is 2.26. The molecule has 2 rings (SSSR count). The lowest BCUT2D eigenvalue weighted by atomic mass is 10.2. The van der Waals surface area contributed by atoms with E-state index in [9.17, 15) is 4.79 Å². The molecule has 1 unspecified atom stereocenters. The molecule has 25 heavy (non-hydrogen) atoms. The molecule has 0 radical (unpaired) electrons. The smallest absolute Gasteiger partial charge is 0.236 e. The quantitative estimate of drug-likeness (QED) is 0.738. The molecular weight excluding hydrogens is 334 g/mol. The summed E-state index contributed by atoms with van der Waals surface area (Å²) in [6.45, 7) is 14.0. The summed E-state index contributed by atoms with van der Waals surface area (Å²) >= 11 is 1.43. The number of carbonyl (C=O) groups excluding carboxylic acids is 1. The molecule has 2 heterocycles. The Labute approximate surface area is 154 Å². The zero-order valence-corrected chi connectivity index (χ0v) is 16.8. The number of aryl methyl sites for hydroxylation is 2. The van der Waals surface area contributed by atoms with Crippen LogP contribution in [-0.2, 0) is 4.79 Å². The van der Waals surface area contributed by atoms with Crippen LogP contribution >= 0.6 is 11.8 Å². The molecule has 1 atom stereocenters. The van der Waals surface area contributed by atoms with Crippen LogP contribution in [0.25, 0.3) is 5.82 Å². The van der Waals surface area contributed by atoms with Gasteiger partial charge in [-0.15, -0.1) is 10.2 Å². The highest BCUT2D eigenvalue weighted by atomic mass is 32.2. The van der Waals surface area contributed by atoms with Gasteiger partial charge in [-0.05, 0) is 66.7 Å². The second-order valence-electron chi connectivity index (χ2n) is 6.76. The van der Waals surface area contributed by atoms with Crippen LogP contribution in [0.3, 0.4) is 0 Å². The maximum atomic E-state index is 12.7. The van der Waals surface area contributed by atoms with Crippen molar-refractivity contribution in [3.05, 3.63) is 29.6 Å². The number of thioether (sulfide) groups is 1. The average Bonchev–Trinajstić information content (AvgIpc) is 2.85. The Morgan fingerprint density at radius 2 is 1.72 bits per heavy atom. The highest BCUT2D eigenvalue weighted by Crippen LogP contribution is 2.24. The fourth-order valence-corrected chi connectivity index (χ4v) is 3.72. The van der Waals surface area contributed by atoms with Gasteiger partial charge in [0.05, 0.1) is 10.9 Å². The first kappa shape index (κ1) is 19.4. The van der Waals surface area contributed by atoms with Crippen molar-refractivity contribution in [2.45, 2.75) is 70.8 Å². The minimum Gasteiger partial charge on any atom is -0.337 e. The Morgan fingerprint density at radius 3 is 2.16 bits per heavy atom. The molecule has 0 saturated carbocycles. The van der Waals surface area contributed by atoms with Gasteiger partial charge in [0.1, 0.15) is 5.03 Å². The number of aromatic nitrogens is 4. The summed E-state index contributed by atoms with van der Waals surface area (Å²) in [4.78, 5) is 14.6. The maximum absolute atomic E-state index is 12.7. The summed E-state index contributed by atoms with van der Waals surface area (Å²) in [5, 5.41) is 13.4. The third kappa shape index (κ3) is 4.60. The summed E-state index contributed by atoms with van der Waals surface area (Å²) in [7, 11) is 0. The summed E-state index contributed by atoms with van der Waals surface area (Å²) in [5.41, 5.74) is 1.96. The Hall–Kier alpha value is -1.89. The SMILES string of the molecule is Cc1cc(C)n(-c2ccc(SC(C)C(=O)N(C(C)C)C(C)C)nn2)n1. The van der Waals surface area contributed by atoms with Crippen LogP contribution in [0.15, 0.2) is 23.2 Å². The summed E-state index contributed by atoms with van der Waals surface area (Å²) in [6.07, 6.45) is 0.